The molecule has 0 spiro atoms. The first kappa shape index (κ1) is 16.3. The van der Waals surface area contributed by atoms with E-state index in [1.165, 1.54) is 4.90 Å². The second-order valence-electron chi connectivity index (χ2n) is 5.41. The third-order valence-corrected chi connectivity index (χ3v) is 3.42. The van der Waals surface area contributed by atoms with Crippen molar-refractivity contribution in [3.8, 4) is 0 Å². The molecule has 0 bridgehead atoms. The summed E-state index contributed by atoms with van der Waals surface area (Å²) in [5.41, 5.74) is -1.15. The molecule has 0 aromatic rings. The maximum atomic E-state index is 12.1. The van der Waals surface area contributed by atoms with Gasteiger partial charge in [0.05, 0.1) is 0 Å². The molecule has 1 fully saturated rings. The number of likely N-dealkylation sites (N-methyl/N-ethyl adjacent to an activating group) is 1. The minimum atomic E-state index is -1.15. The number of hydrogen-bond donors (Lipinski definition) is 3. The molecular weight excluding hydrogens is 262 g/mol. The van der Waals surface area contributed by atoms with Gasteiger partial charge in [0.15, 0.2) is 0 Å². The Labute approximate surface area is 118 Å². The first-order valence-corrected chi connectivity index (χ1v) is 6.90. The average Bonchev–Trinajstić information content (AvgIpc) is 2.28. The molecular formula is C13H23N3O4. The van der Waals surface area contributed by atoms with Crippen LogP contribution < -0.4 is 10.6 Å². The van der Waals surface area contributed by atoms with Gasteiger partial charge in [-0.05, 0) is 40.0 Å². The largest absolute Gasteiger partial charge is 0.480 e. The average molecular weight is 285 g/mol. The number of carboxylic acid groups (broad SMARTS) is 1. The fourth-order valence-electron chi connectivity index (χ4n) is 2.07. The first-order chi connectivity index (χ1) is 9.30. The van der Waals surface area contributed by atoms with Gasteiger partial charge in [-0.1, -0.05) is 0 Å². The zero-order valence-corrected chi connectivity index (χ0v) is 12.2. The first-order valence-electron chi connectivity index (χ1n) is 6.90. The monoisotopic (exact) mass is 285 g/mol. The molecule has 3 amide bonds. The van der Waals surface area contributed by atoms with Gasteiger partial charge in [0.2, 0.25) is 5.91 Å². The normalized spacial score (nSPS) is 16.2. The number of carbonyl (C=O) groups is 3. The van der Waals surface area contributed by atoms with E-state index >= 15 is 0 Å². The fourth-order valence-corrected chi connectivity index (χ4v) is 2.07. The standard InChI is InChI=1S/C13H23N3O4/c1-4-16(8-10(17)14-9(2)3)12(20)15-13(11(18)19)6-5-7-13/h9H,4-8H2,1-3H3,(H,14,17)(H,15,20)(H,18,19). The number of hydrogen-bond acceptors (Lipinski definition) is 3. The van der Waals surface area contributed by atoms with Crippen molar-refractivity contribution >= 4 is 17.9 Å². The number of carbonyl (C=O) groups excluding carboxylic acids is 2. The van der Waals surface area contributed by atoms with Crippen LogP contribution in [-0.4, -0.2) is 52.6 Å². The molecule has 0 saturated heterocycles. The van der Waals surface area contributed by atoms with Gasteiger partial charge >= 0.3 is 12.0 Å². The Bertz CT molecular complexity index is 391. The van der Waals surface area contributed by atoms with Crippen molar-refractivity contribution in [2.45, 2.75) is 51.6 Å². The Morgan fingerprint density at radius 2 is 1.90 bits per heavy atom. The molecule has 1 aliphatic rings. The van der Waals surface area contributed by atoms with Gasteiger partial charge in [0, 0.05) is 12.6 Å². The van der Waals surface area contributed by atoms with E-state index in [2.05, 4.69) is 10.6 Å². The van der Waals surface area contributed by atoms with Gasteiger partial charge in [-0.25, -0.2) is 9.59 Å². The van der Waals surface area contributed by atoms with Gasteiger partial charge in [-0.15, -0.1) is 0 Å². The van der Waals surface area contributed by atoms with E-state index in [1.807, 2.05) is 13.8 Å². The number of amides is 3. The smallest absolute Gasteiger partial charge is 0.329 e. The van der Waals surface area contributed by atoms with Crippen molar-refractivity contribution in [3.63, 3.8) is 0 Å². The summed E-state index contributed by atoms with van der Waals surface area (Å²) in [5.74, 6) is -1.27. The fraction of sp³-hybridized carbons (Fsp3) is 0.769. The Kier molecular flexibility index (Phi) is 5.35. The Morgan fingerprint density at radius 3 is 2.25 bits per heavy atom. The molecule has 0 radical (unpaired) electrons. The number of rotatable bonds is 6. The number of aliphatic carboxylic acids is 1. The summed E-state index contributed by atoms with van der Waals surface area (Å²) in [7, 11) is 0. The Hall–Kier alpha value is -1.79. The van der Waals surface area contributed by atoms with Crippen LogP contribution in [0, 0.1) is 0 Å². The summed E-state index contributed by atoms with van der Waals surface area (Å²) in [6.07, 6.45) is 1.65. The molecule has 7 nitrogen and oxygen atoms in total. The van der Waals surface area contributed by atoms with Crippen LogP contribution in [0.1, 0.15) is 40.0 Å². The van der Waals surface area contributed by atoms with Crippen LogP contribution in [0.4, 0.5) is 4.79 Å². The van der Waals surface area contributed by atoms with Gasteiger partial charge in [-0.2, -0.15) is 0 Å². The van der Waals surface area contributed by atoms with Crippen LogP contribution >= 0.6 is 0 Å². The Balaban J connectivity index is 2.59. The number of carboxylic acids is 1. The lowest BCUT2D eigenvalue weighted by Gasteiger charge is -2.39. The predicted octanol–water partition coefficient (Wildman–Crippen LogP) is 0.550. The molecule has 0 aliphatic heterocycles. The second kappa shape index (κ2) is 6.58. The summed E-state index contributed by atoms with van der Waals surface area (Å²) in [5, 5.41) is 14.4. The summed E-state index contributed by atoms with van der Waals surface area (Å²) in [6, 6.07) is -0.505. The molecule has 1 saturated carbocycles. The van der Waals surface area contributed by atoms with Gasteiger partial charge in [0.1, 0.15) is 12.1 Å². The van der Waals surface area contributed by atoms with Crippen molar-refractivity contribution in [1.82, 2.24) is 15.5 Å². The SMILES string of the molecule is CCN(CC(=O)NC(C)C)C(=O)NC1(C(=O)O)CCC1. The number of urea groups is 1. The molecule has 0 heterocycles. The minimum Gasteiger partial charge on any atom is -0.480 e. The minimum absolute atomic E-state index is 0.00117. The van der Waals surface area contributed by atoms with Crippen molar-refractivity contribution < 1.29 is 19.5 Å². The van der Waals surface area contributed by atoms with Crippen molar-refractivity contribution in [2.75, 3.05) is 13.1 Å². The lowest BCUT2D eigenvalue weighted by molar-refractivity contribution is -0.148. The molecule has 114 valence electrons. The van der Waals surface area contributed by atoms with Crippen LogP contribution in [0.3, 0.4) is 0 Å². The van der Waals surface area contributed by atoms with E-state index in [-0.39, 0.29) is 18.5 Å². The van der Waals surface area contributed by atoms with Gasteiger partial charge < -0.3 is 20.6 Å². The quantitative estimate of drug-likeness (QED) is 0.663. The topological polar surface area (TPSA) is 98.7 Å². The van der Waals surface area contributed by atoms with Gasteiger partial charge in [-0.3, -0.25) is 4.79 Å². The summed E-state index contributed by atoms with van der Waals surface area (Å²) >= 11 is 0. The third kappa shape index (κ3) is 3.85. The predicted molar refractivity (Wildman–Crippen MR) is 73.3 cm³/mol. The van der Waals surface area contributed by atoms with Crippen LogP contribution in [0.2, 0.25) is 0 Å². The lowest BCUT2D eigenvalue weighted by Crippen LogP contribution is -2.62. The number of nitrogens with one attached hydrogen (secondary N) is 2. The molecule has 0 aromatic carbocycles. The highest BCUT2D eigenvalue weighted by molar-refractivity contribution is 5.89. The maximum Gasteiger partial charge on any atom is 0.329 e. The summed E-state index contributed by atoms with van der Waals surface area (Å²) in [6.45, 7) is 5.68. The van der Waals surface area contributed by atoms with Gasteiger partial charge in [0.25, 0.3) is 0 Å². The zero-order valence-electron chi connectivity index (χ0n) is 12.2. The highest BCUT2D eigenvalue weighted by atomic mass is 16.4. The maximum absolute atomic E-state index is 12.1. The van der Waals surface area contributed by atoms with E-state index in [4.69, 9.17) is 0 Å². The molecule has 1 aliphatic carbocycles. The molecule has 0 atom stereocenters. The van der Waals surface area contributed by atoms with Crippen LogP contribution in [-0.2, 0) is 9.59 Å². The Morgan fingerprint density at radius 1 is 1.30 bits per heavy atom. The summed E-state index contributed by atoms with van der Waals surface area (Å²) < 4.78 is 0. The molecule has 0 unspecified atom stereocenters. The van der Waals surface area contributed by atoms with E-state index < -0.39 is 17.5 Å². The van der Waals surface area contributed by atoms with Crippen LogP contribution in [0.15, 0.2) is 0 Å². The number of nitrogens with zero attached hydrogens (tertiary/aromatic N) is 1. The van der Waals surface area contributed by atoms with Crippen molar-refractivity contribution in [3.05, 3.63) is 0 Å². The van der Waals surface area contributed by atoms with E-state index in [1.54, 1.807) is 6.92 Å². The van der Waals surface area contributed by atoms with Crippen LogP contribution in [0.25, 0.3) is 0 Å². The zero-order chi connectivity index (χ0) is 15.3. The van der Waals surface area contributed by atoms with Crippen molar-refractivity contribution in [1.29, 1.82) is 0 Å². The second-order valence-corrected chi connectivity index (χ2v) is 5.41. The molecule has 3 N–H and O–H groups in total. The molecule has 1 rings (SSSR count). The van der Waals surface area contributed by atoms with Crippen LogP contribution in [0.5, 0.6) is 0 Å². The van der Waals surface area contributed by atoms with E-state index in [9.17, 15) is 19.5 Å². The van der Waals surface area contributed by atoms with E-state index in [0.29, 0.717) is 19.4 Å². The lowest BCUT2D eigenvalue weighted by atomic mass is 9.77. The molecule has 7 heteroatoms. The highest BCUT2D eigenvalue weighted by Crippen LogP contribution is 2.32. The van der Waals surface area contributed by atoms with Crippen molar-refractivity contribution in [2.24, 2.45) is 0 Å². The molecule has 0 aromatic heterocycles. The highest BCUT2D eigenvalue weighted by Gasteiger charge is 2.46. The molecule has 20 heavy (non-hydrogen) atoms. The van der Waals surface area contributed by atoms with E-state index in [0.717, 1.165) is 6.42 Å². The third-order valence-electron chi connectivity index (χ3n) is 3.42. The summed E-state index contributed by atoms with van der Waals surface area (Å²) in [4.78, 5) is 36.3.